The monoisotopic (exact) mass is 173 g/mol. The summed E-state index contributed by atoms with van der Waals surface area (Å²) in [4.78, 5) is 7.08. The van der Waals surface area contributed by atoms with Crippen LogP contribution in [0.1, 0.15) is 5.56 Å². The van der Waals surface area contributed by atoms with Crippen LogP contribution in [0.25, 0.3) is 0 Å². The Hall–Kier alpha value is -1.77. The van der Waals surface area contributed by atoms with E-state index in [2.05, 4.69) is 28.3 Å². The minimum absolute atomic E-state index is 0.773. The van der Waals surface area contributed by atoms with Gasteiger partial charge in [0.15, 0.2) is 0 Å². The van der Waals surface area contributed by atoms with E-state index in [4.69, 9.17) is 0 Å². The summed E-state index contributed by atoms with van der Waals surface area (Å²) < 4.78 is 0. The van der Waals surface area contributed by atoms with Gasteiger partial charge in [0.05, 0.1) is 0 Å². The first-order valence-corrected chi connectivity index (χ1v) is 4.18. The summed E-state index contributed by atoms with van der Waals surface area (Å²) in [5.41, 5.74) is 2.29. The number of hydrogen-bond acceptors (Lipinski definition) is 2. The highest BCUT2D eigenvalue weighted by atomic mass is 15.1. The molecule has 2 rings (SSSR count). The lowest BCUT2D eigenvalue weighted by molar-refractivity contribution is 1.27. The van der Waals surface area contributed by atoms with Crippen molar-refractivity contribution in [3.63, 3.8) is 0 Å². The number of hydrogen-bond donors (Lipinski definition) is 2. The number of H-pyrrole nitrogens is 1. The zero-order valence-electron chi connectivity index (χ0n) is 7.41. The van der Waals surface area contributed by atoms with E-state index in [1.807, 2.05) is 18.2 Å². The SMILES string of the molecule is Cc1ccccc1Nc1ncc[nH]1. The first-order chi connectivity index (χ1) is 6.36. The van der Waals surface area contributed by atoms with Crippen LogP contribution in [-0.4, -0.2) is 9.97 Å². The molecule has 2 aromatic rings. The first kappa shape index (κ1) is 7.86. The van der Waals surface area contributed by atoms with Crippen LogP contribution in [0.3, 0.4) is 0 Å². The molecule has 0 unspecified atom stereocenters. The van der Waals surface area contributed by atoms with Crippen LogP contribution < -0.4 is 5.32 Å². The zero-order valence-corrected chi connectivity index (χ0v) is 7.41. The van der Waals surface area contributed by atoms with Crippen LogP contribution in [0.2, 0.25) is 0 Å². The normalized spacial score (nSPS) is 9.92. The van der Waals surface area contributed by atoms with Crippen molar-refractivity contribution in [2.24, 2.45) is 0 Å². The number of aromatic nitrogens is 2. The molecule has 0 saturated carbocycles. The van der Waals surface area contributed by atoms with Gasteiger partial charge >= 0.3 is 0 Å². The predicted molar refractivity (Wildman–Crippen MR) is 53.0 cm³/mol. The molecule has 0 aliphatic carbocycles. The molecule has 0 aliphatic rings. The van der Waals surface area contributed by atoms with E-state index in [0.717, 1.165) is 11.6 Å². The van der Waals surface area contributed by atoms with Gasteiger partial charge in [0.2, 0.25) is 5.95 Å². The van der Waals surface area contributed by atoms with Crippen LogP contribution in [0.15, 0.2) is 36.7 Å². The van der Waals surface area contributed by atoms with E-state index >= 15 is 0 Å². The van der Waals surface area contributed by atoms with Crippen molar-refractivity contribution >= 4 is 11.6 Å². The van der Waals surface area contributed by atoms with Gasteiger partial charge in [-0.05, 0) is 18.6 Å². The average molecular weight is 173 g/mol. The number of nitrogens with zero attached hydrogens (tertiary/aromatic N) is 1. The Bertz CT molecular complexity index is 379. The number of imidazole rings is 1. The molecule has 1 heterocycles. The van der Waals surface area contributed by atoms with Crippen LogP contribution >= 0.6 is 0 Å². The molecule has 0 saturated heterocycles. The molecule has 0 spiro atoms. The maximum atomic E-state index is 4.09. The molecule has 2 N–H and O–H groups in total. The van der Waals surface area contributed by atoms with Crippen molar-refractivity contribution in [2.75, 3.05) is 5.32 Å². The molecule has 0 atom stereocenters. The van der Waals surface area contributed by atoms with Crippen LogP contribution in [0, 0.1) is 6.92 Å². The number of anilines is 2. The third-order valence-electron chi connectivity index (χ3n) is 1.90. The van der Waals surface area contributed by atoms with Gasteiger partial charge in [0.1, 0.15) is 0 Å². The lowest BCUT2D eigenvalue weighted by Crippen LogP contribution is -1.93. The van der Waals surface area contributed by atoms with Gasteiger partial charge in [0.25, 0.3) is 0 Å². The lowest BCUT2D eigenvalue weighted by atomic mass is 10.2. The number of para-hydroxylation sites is 1. The molecule has 0 bridgehead atoms. The zero-order chi connectivity index (χ0) is 9.10. The van der Waals surface area contributed by atoms with E-state index < -0.39 is 0 Å². The maximum absolute atomic E-state index is 4.09. The molecule has 13 heavy (non-hydrogen) atoms. The average Bonchev–Trinajstić information content (AvgIpc) is 2.61. The first-order valence-electron chi connectivity index (χ1n) is 4.18. The minimum Gasteiger partial charge on any atom is -0.331 e. The van der Waals surface area contributed by atoms with Crippen molar-refractivity contribution in [3.8, 4) is 0 Å². The molecule has 66 valence electrons. The van der Waals surface area contributed by atoms with Crippen LogP contribution in [0.5, 0.6) is 0 Å². The van der Waals surface area contributed by atoms with Gasteiger partial charge in [-0.2, -0.15) is 0 Å². The van der Waals surface area contributed by atoms with Crippen LogP contribution in [0.4, 0.5) is 11.6 Å². The smallest absolute Gasteiger partial charge is 0.204 e. The van der Waals surface area contributed by atoms with Crippen LogP contribution in [-0.2, 0) is 0 Å². The Morgan fingerprint density at radius 2 is 2.15 bits per heavy atom. The van der Waals surface area contributed by atoms with Gasteiger partial charge in [-0.3, -0.25) is 0 Å². The topological polar surface area (TPSA) is 40.7 Å². The fourth-order valence-electron chi connectivity index (χ4n) is 1.17. The Morgan fingerprint density at radius 3 is 2.85 bits per heavy atom. The molecular formula is C10H11N3. The molecule has 1 aromatic heterocycles. The van der Waals surface area contributed by atoms with Crippen molar-refractivity contribution in [2.45, 2.75) is 6.92 Å². The van der Waals surface area contributed by atoms with Gasteiger partial charge < -0.3 is 10.3 Å². The fraction of sp³-hybridized carbons (Fsp3) is 0.100. The highest BCUT2D eigenvalue weighted by molar-refractivity contribution is 5.57. The van der Waals surface area contributed by atoms with Crippen molar-refractivity contribution < 1.29 is 0 Å². The number of nitrogens with one attached hydrogen (secondary N) is 2. The second-order valence-electron chi connectivity index (χ2n) is 2.88. The van der Waals surface area contributed by atoms with E-state index in [1.165, 1.54) is 5.56 Å². The van der Waals surface area contributed by atoms with Crippen molar-refractivity contribution in [1.82, 2.24) is 9.97 Å². The third kappa shape index (κ3) is 1.69. The summed E-state index contributed by atoms with van der Waals surface area (Å²) in [6, 6.07) is 8.10. The predicted octanol–water partition coefficient (Wildman–Crippen LogP) is 2.46. The summed E-state index contributed by atoms with van der Waals surface area (Å²) >= 11 is 0. The lowest BCUT2D eigenvalue weighted by Gasteiger charge is -2.05. The summed E-state index contributed by atoms with van der Waals surface area (Å²) in [6.07, 6.45) is 3.52. The van der Waals surface area contributed by atoms with Gasteiger partial charge in [0, 0.05) is 18.1 Å². The van der Waals surface area contributed by atoms with Crippen molar-refractivity contribution in [3.05, 3.63) is 42.2 Å². The summed E-state index contributed by atoms with van der Waals surface area (Å²) in [6.45, 7) is 2.06. The Morgan fingerprint density at radius 1 is 1.31 bits per heavy atom. The van der Waals surface area contributed by atoms with E-state index in [1.54, 1.807) is 12.4 Å². The Kier molecular flexibility index (Phi) is 2.00. The van der Waals surface area contributed by atoms with Gasteiger partial charge in [-0.25, -0.2) is 4.98 Å². The van der Waals surface area contributed by atoms with Gasteiger partial charge in [-0.1, -0.05) is 18.2 Å². The summed E-state index contributed by atoms with van der Waals surface area (Å²) in [5.74, 6) is 0.773. The fourth-order valence-corrected chi connectivity index (χ4v) is 1.17. The molecule has 3 nitrogen and oxygen atoms in total. The standard InChI is InChI=1S/C10H11N3/c1-8-4-2-3-5-9(8)13-10-11-6-7-12-10/h2-7H,1H3,(H2,11,12,13). The van der Waals surface area contributed by atoms with E-state index in [-0.39, 0.29) is 0 Å². The summed E-state index contributed by atoms with van der Waals surface area (Å²) in [7, 11) is 0. The molecule has 3 heteroatoms. The molecule has 0 amide bonds. The quantitative estimate of drug-likeness (QED) is 0.732. The van der Waals surface area contributed by atoms with E-state index in [0.29, 0.717) is 0 Å². The highest BCUT2D eigenvalue weighted by Crippen LogP contribution is 2.16. The number of aryl methyl sites for hydroxylation is 1. The molecule has 0 fully saturated rings. The van der Waals surface area contributed by atoms with Gasteiger partial charge in [-0.15, -0.1) is 0 Å². The largest absolute Gasteiger partial charge is 0.331 e. The van der Waals surface area contributed by atoms with E-state index in [9.17, 15) is 0 Å². The molecule has 0 aliphatic heterocycles. The Balaban J connectivity index is 2.24. The molecule has 1 aromatic carbocycles. The second kappa shape index (κ2) is 3.31. The summed E-state index contributed by atoms with van der Waals surface area (Å²) in [5, 5.41) is 3.19. The maximum Gasteiger partial charge on any atom is 0.204 e. The third-order valence-corrected chi connectivity index (χ3v) is 1.90. The number of aromatic amines is 1. The molecule has 0 radical (unpaired) electrons. The molecular weight excluding hydrogens is 162 g/mol. The number of rotatable bonds is 2. The number of benzene rings is 1. The Labute approximate surface area is 76.8 Å². The van der Waals surface area contributed by atoms with Crippen molar-refractivity contribution in [1.29, 1.82) is 0 Å². The minimum atomic E-state index is 0.773. The second-order valence-corrected chi connectivity index (χ2v) is 2.88. The highest BCUT2D eigenvalue weighted by Gasteiger charge is 1.97.